The summed E-state index contributed by atoms with van der Waals surface area (Å²) < 4.78 is 4.82. The molecule has 2 aromatic heterocycles. The Morgan fingerprint density at radius 1 is 1.05 bits per heavy atom. The maximum absolute atomic E-state index is 12.9. The van der Waals surface area contributed by atoms with E-state index < -0.39 is 17.4 Å². The smallest absolute Gasteiger partial charge is 0.324 e. The fourth-order valence-corrected chi connectivity index (χ4v) is 4.82. The highest BCUT2D eigenvalue weighted by molar-refractivity contribution is 6.05. The van der Waals surface area contributed by atoms with E-state index in [1.807, 2.05) is 29.2 Å². The van der Waals surface area contributed by atoms with Crippen LogP contribution in [-0.4, -0.2) is 70.4 Å². The number of nitrogens with two attached hydrogens (primary N) is 2. The number of aromatic nitrogens is 4. The van der Waals surface area contributed by atoms with Gasteiger partial charge in [-0.25, -0.2) is 19.9 Å². The Balaban J connectivity index is 1.30. The van der Waals surface area contributed by atoms with Crippen molar-refractivity contribution in [3.05, 3.63) is 60.3 Å². The molecule has 1 atom stereocenters. The highest BCUT2D eigenvalue weighted by atomic mass is 16.5. The highest BCUT2D eigenvalue weighted by Gasteiger charge is 2.43. The van der Waals surface area contributed by atoms with Gasteiger partial charge in [-0.3, -0.25) is 9.59 Å². The minimum absolute atomic E-state index is 0.101. The van der Waals surface area contributed by atoms with Crippen molar-refractivity contribution in [2.45, 2.75) is 30.7 Å². The standard InChI is InChI=1S/C26H29N9O3/c1-38-23(37)20-15-35(10-9-29-20)21-14-30-19(13-31-21)22(36)34-24(27)26(7-2-8-26)18-5-3-16(4-6-18)17-11-32-25(28)33-12-17/h3-6,11-14,20,29H,2,7-10,15H2,1H3,(H2,27,34,36)(H2,28,32,33). The van der Waals surface area contributed by atoms with Gasteiger partial charge < -0.3 is 26.4 Å². The summed E-state index contributed by atoms with van der Waals surface area (Å²) in [5.74, 6) is 0.180. The molecule has 3 heterocycles. The van der Waals surface area contributed by atoms with E-state index in [0.29, 0.717) is 25.5 Å². The Labute approximate surface area is 219 Å². The van der Waals surface area contributed by atoms with Gasteiger partial charge in [0.05, 0.1) is 24.9 Å². The third-order valence-electron chi connectivity index (χ3n) is 7.20. The highest BCUT2D eigenvalue weighted by Crippen LogP contribution is 2.44. The minimum atomic E-state index is -0.545. The number of esters is 1. The van der Waals surface area contributed by atoms with Crippen molar-refractivity contribution in [2.24, 2.45) is 10.7 Å². The molecule has 0 bridgehead atoms. The number of hydrogen-bond acceptors (Lipinski definition) is 10. The van der Waals surface area contributed by atoms with E-state index in [1.54, 1.807) is 12.4 Å². The van der Waals surface area contributed by atoms with Crippen LogP contribution >= 0.6 is 0 Å². The van der Waals surface area contributed by atoms with Gasteiger partial charge in [-0.05, 0) is 24.0 Å². The second-order valence-corrected chi connectivity index (χ2v) is 9.38. The number of amides is 1. The Kier molecular flexibility index (Phi) is 6.97. The summed E-state index contributed by atoms with van der Waals surface area (Å²) in [4.78, 5) is 47.7. The molecule has 1 aliphatic heterocycles. The number of methoxy groups -OCH3 is 1. The quantitative estimate of drug-likeness (QED) is 0.243. The molecule has 1 aliphatic carbocycles. The molecule has 12 nitrogen and oxygen atoms in total. The molecule has 1 saturated carbocycles. The molecule has 196 valence electrons. The molecule has 1 unspecified atom stereocenters. The molecule has 0 spiro atoms. The molecule has 1 saturated heterocycles. The summed E-state index contributed by atoms with van der Waals surface area (Å²) in [6, 6.07) is 7.51. The Morgan fingerprint density at radius 3 is 2.39 bits per heavy atom. The number of nitrogens with one attached hydrogen (secondary N) is 1. The third-order valence-corrected chi connectivity index (χ3v) is 7.20. The van der Waals surface area contributed by atoms with Gasteiger partial charge in [0.25, 0.3) is 5.91 Å². The first-order chi connectivity index (χ1) is 18.4. The molecule has 1 aromatic carbocycles. The topological polar surface area (TPSA) is 175 Å². The van der Waals surface area contributed by atoms with Crippen LogP contribution in [0.5, 0.6) is 0 Å². The molecule has 3 aromatic rings. The van der Waals surface area contributed by atoms with Gasteiger partial charge in [-0.15, -0.1) is 0 Å². The van der Waals surface area contributed by atoms with Crippen molar-refractivity contribution in [1.82, 2.24) is 25.3 Å². The van der Waals surface area contributed by atoms with Gasteiger partial charge >= 0.3 is 5.97 Å². The van der Waals surface area contributed by atoms with E-state index in [0.717, 1.165) is 36.0 Å². The fraction of sp³-hybridized carbons (Fsp3) is 0.346. The average Bonchev–Trinajstić information content (AvgIpc) is 2.93. The number of nitrogens with zero attached hydrogens (tertiary/aromatic N) is 6. The lowest BCUT2D eigenvalue weighted by atomic mass is 9.63. The molecule has 2 aliphatic rings. The first-order valence-electron chi connectivity index (χ1n) is 12.4. The monoisotopic (exact) mass is 515 g/mol. The molecule has 1 amide bonds. The van der Waals surface area contributed by atoms with Crippen molar-refractivity contribution < 1.29 is 14.3 Å². The van der Waals surface area contributed by atoms with Gasteiger partial charge in [-0.1, -0.05) is 30.7 Å². The maximum atomic E-state index is 12.9. The first kappa shape index (κ1) is 25.2. The zero-order chi connectivity index (χ0) is 26.7. The molecule has 12 heteroatoms. The summed E-state index contributed by atoms with van der Waals surface area (Å²) in [6.07, 6.45) is 8.85. The molecular weight excluding hydrogens is 486 g/mol. The third kappa shape index (κ3) is 4.90. The summed E-state index contributed by atoms with van der Waals surface area (Å²) >= 11 is 0. The van der Waals surface area contributed by atoms with Crippen molar-refractivity contribution >= 4 is 29.5 Å². The molecular formula is C26H29N9O3. The lowest BCUT2D eigenvalue weighted by molar-refractivity contribution is -0.143. The average molecular weight is 516 g/mol. The molecule has 5 N–H and O–H groups in total. The summed E-state index contributed by atoms with van der Waals surface area (Å²) in [5, 5.41) is 3.11. The second-order valence-electron chi connectivity index (χ2n) is 9.38. The van der Waals surface area contributed by atoms with E-state index in [9.17, 15) is 9.59 Å². The maximum Gasteiger partial charge on any atom is 0.324 e. The minimum Gasteiger partial charge on any atom is -0.468 e. The normalized spacial score (nSPS) is 18.9. The lowest BCUT2D eigenvalue weighted by Crippen LogP contribution is -2.54. The van der Waals surface area contributed by atoms with Crippen LogP contribution in [0.15, 0.2) is 54.0 Å². The zero-order valence-corrected chi connectivity index (χ0v) is 21.0. The van der Waals surface area contributed by atoms with Gasteiger partial charge in [0.15, 0.2) is 0 Å². The summed E-state index contributed by atoms with van der Waals surface area (Å²) in [5.41, 5.74) is 14.4. The van der Waals surface area contributed by atoms with Crippen molar-refractivity contribution in [2.75, 3.05) is 37.4 Å². The van der Waals surface area contributed by atoms with Gasteiger partial charge in [-0.2, -0.15) is 4.99 Å². The van der Waals surface area contributed by atoms with Crippen molar-refractivity contribution in [3.8, 4) is 11.1 Å². The molecule has 0 radical (unpaired) electrons. The SMILES string of the molecule is COC(=O)C1CN(c2cnc(C(=O)N=C(N)C3(c4ccc(-c5cnc(N)nc5)cc4)CCC3)cn2)CCN1. The van der Waals surface area contributed by atoms with Crippen LogP contribution in [0.1, 0.15) is 35.3 Å². The van der Waals surface area contributed by atoms with Crippen LogP contribution < -0.4 is 21.7 Å². The predicted molar refractivity (Wildman–Crippen MR) is 141 cm³/mol. The summed E-state index contributed by atoms with van der Waals surface area (Å²) in [6.45, 7) is 1.64. The second kappa shape index (κ2) is 10.5. The van der Waals surface area contributed by atoms with E-state index in [-0.39, 0.29) is 23.4 Å². The number of nitrogen functional groups attached to an aromatic ring is 1. The number of piperazine rings is 1. The van der Waals surface area contributed by atoms with Crippen LogP contribution in [0, 0.1) is 0 Å². The molecule has 5 rings (SSSR count). The number of anilines is 2. The van der Waals surface area contributed by atoms with Gasteiger partial charge in [0.1, 0.15) is 23.4 Å². The van der Waals surface area contributed by atoms with Crippen LogP contribution in [-0.2, 0) is 14.9 Å². The van der Waals surface area contributed by atoms with Crippen molar-refractivity contribution in [3.63, 3.8) is 0 Å². The number of amidine groups is 1. The number of aliphatic imine (C=N–C) groups is 1. The van der Waals surface area contributed by atoms with E-state index in [2.05, 4.69) is 30.2 Å². The summed E-state index contributed by atoms with van der Waals surface area (Å²) in [7, 11) is 1.36. The predicted octanol–water partition coefficient (Wildman–Crippen LogP) is 1.09. The van der Waals surface area contributed by atoms with E-state index in [4.69, 9.17) is 16.2 Å². The number of hydrogen-bond donors (Lipinski definition) is 3. The van der Waals surface area contributed by atoms with Gasteiger partial charge in [0.2, 0.25) is 5.95 Å². The van der Waals surface area contributed by atoms with Crippen LogP contribution in [0.25, 0.3) is 11.1 Å². The Hall–Kier alpha value is -4.45. The first-order valence-corrected chi connectivity index (χ1v) is 12.4. The van der Waals surface area contributed by atoms with Crippen LogP contribution in [0.4, 0.5) is 11.8 Å². The molecule has 38 heavy (non-hydrogen) atoms. The number of rotatable bonds is 6. The number of carbonyl (C=O) groups is 2. The Bertz CT molecular complexity index is 1340. The zero-order valence-electron chi connectivity index (χ0n) is 21.0. The largest absolute Gasteiger partial charge is 0.468 e. The Morgan fingerprint density at radius 2 is 1.79 bits per heavy atom. The molecule has 2 fully saturated rings. The van der Waals surface area contributed by atoms with Crippen LogP contribution in [0.2, 0.25) is 0 Å². The lowest BCUT2D eigenvalue weighted by Gasteiger charge is -2.41. The number of benzene rings is 1. The van der Waals surface area contributed by atoms with E-state index in [1.165, 1.54) is 19.5 Å². The fourth-order valence-electron chi connectivity index (χ4n) is 4.82. The number of ether oxygens (including phenoxy) is 1. The van der Waals surface area contributed by atoms with E-state index >= 15 is 0 Å². The van der Waals surface area contributed by atoms with Crippen molar-refractivity contribution in [1.29, 1.82) is 0 Å². The van der Waals surface area contributed by atoms with Crippen LogP contribution in [0.3, 0.4) is 0 Å². The number of carbonyl (C=O) groups excluding carboxylic acids is 2. The van der Waals surface area contributed by atoms with Gasteiger partial charge in [0, 0.05) is 37.6 Å².